The van der Waals surface area contributed by atoms with Crippen LogP contribution in [-0.2, 0) is 23.7 Å². The second-order valence-corrected chi connectivity index (χ2v) is 11.8. The number of nitrogens with two attached hydrogens (primary N) is 5. The molecule has 2 saturated heterocycles. The van der Waals surface area contributed by atoms with Crippen molar-refractivity contribution in [3.05, 3.63) is 0 Å². The molecule has 0 aromatic rings. The van der Waals surface area contributed by atoms with Gasteiger partial charge in [0.1, 0.15) is 54.9 Å². The third-order valence-corrected chi connectivity index (χ3v) is 8.46. The van der Waals surface area contributed by atoms with Gasteiger partial charge in [-0.05, 0) is 25.3 Å². The number of hydrogen-bond donors (Lipinski definition) is 13. The van der Waals surface area contributed by atoms with Crippen LogP contribution in [0, 0.1) is 5.92 Å². The van der Waals surface area contributed by atoms with Crippen molar-refractivity contribution >= 4 is 11.7 Å². The number of rotatable bonds is 14. The summed E-state index contributed by atoms with van der Waals surface area (Å²) in [6.45, 7) is -0.726. The van der Waals surface area contributed by atoms with Gasteiger partial charge in [0.15, 0.2) is 30.5 Å². The Hall–Kier alpha value is -1.73. The van der Waals surface area contributed by atoms with Crippen LogP contribution in [0.2, 0.25) is 0 Å². The Morgan fingerprint density at radius 1 is 0.935 bits per heavy atom. The monoisotopic (exact) mass is 671 g/mol. The van der Waals surface area contributed by atoms with Gasteiger partial charge in [-0.25, -0.2) is 4.39 Å². The van der Waals surface area contributed by atoms with Crippen LogP contribution in [0.15, 0.2) is 4.99 Å². The van der Waals surface area contributed by atoms with Crippen molar-refractivity contribution in [1.29, 1.82) is 0 Å². The summed E-state index contributed by atoms with van der Waals surface area (Å²) in [6.07, 6.45) is -21.8. The van der Waals surface area contributed by atoms with Gasteiger partial charge in [-0.3, -0.25) is 9.79 Å². The van der Waals surface area contributed by atoms with E-state index in [0.29, 0.717) is 0 Å². The van der Waals surface area contributed by atoms with Crippen LogP contribution in [0.25, 0.3) is 0 Å². The fourth-order valence-electron chi connectivity index (χ4n) is 5.88. The molecule has 0 spiro atoms. The standard InChI is InChI=1S/C26H50FN7O12/c27-15-22(45-24-19(40)16(17(38)14(8-35)44-24)34-26(32)33-4-3-29)9(6-12(37)11(36)1-2-28)5-10(31)23(15)46-25-21(42)20(41)18(39)13(7-30)43-25/h9-11,13-25,35-36,38-42H,1-8,28-31H2,(H3,32,33,34)/t9-,10?,11-,13?,14+,15+,16?,17+,18+,19+,20-,21?,22?,23+,24?,25+/m0/s1. The van der Waals surface area contributed by atoms with E-state index in [1.807, 2.05) is 0 Å². The SMILES string of the molecule is NCCN=C(N)NC1[C@@H](O)C(OC2[C@H](CC(=O)[C@@H](O)CCN)CC(N)[C@@H](O[C@H]3OC(CN)[C@@H](O)[C@H](O)C3O)[C@@H]2F)O[C@H](CO)[C@H]1O. The van der Waals surface area contributed by atoms with E-state index in [0.717, 1.165) is 0 Å². The second-order valence-electron chi connectivity index (χ2n) is 11.8. The molecule has 0 amide bonds. The highest BCUT2D eigenvalue weighted by molar-refractivity contribution is 5.83. The molecule has 2 heterocycles. The fourth-order valence-corrected chi connectivity index (χ4v) is 5.88. The quantitative estimate of drug-likeness (QED) is 0.0602. The Balaban J connectivity index is 1.90. The highest BCUT2D eigenvalue weighted by Crippen LogP contribution is 2.37. The number of hydrogen-bond acceptors (Lipinski definition) is 17. The Kier molecular flexibility index (Phi) is 14.8. The number of alkyl halides is 1. The lowest BCUT2D eigenvalue weighted by Crippen LogP contribution is -2.67. The summed E-state index contributed by atoms with van der Waals surface area (Å²) in [5, 5.41) is 75.5. The van der Waals surface area contributed by atoms with Crippen molar-refractivity contribution in [3.63, 3.8) is 0 Å². The van der Waals surface area contributed by atoms with E-state index in [2.05, 4.69) is 10.3 Å². The zero-order chi connectivity index (χ0) is 34.3. The Bertz CT molecular complexity index is 992. The third-order valence-electron chi connectivity index (χ3n) is 8.46. The van der Waals surface area contributed by atoms with Crippen LogP contribution >= 0.6 is 0 Å². The average molecular weight is 672 g/mol. The largest absolute Gasteiger partial charge is 0.394 e. The van der Waals surface area contributed by atoms with Gasteiger partial charge in [0.25, 0.3) is 0 Å². The number of nitrogens with zero attached hydrogens (tertiary/aromatic N) is 1. The molecule has 0 aromatic carbocycles. The molecule has 0 radical (unpaired) electrons. The number of aliphatic hydroxyl groups excluding tert-OH is 7. The number of nitrogens with one attached hydrogen (secondary N) is 1. The van der Waals surface area contributed by atoms with Crippen LogP contribution in [0.4, 0.5) is 4.39 Å². The normalized spacial score (nSPS) is 42.9. The molecule has 6 unspecified atom stereocenters. The first-order chi connectivity index (χ1) is 21.8. The fraction of sp³-hybridized carbons (Fsp3) is 0.923. The highest BCUT2D eigenvalue weighted by atomic mass is 19.1. The Morgan fingerprint density at radius 3 is 2.17 bits per heavy atom. The van der Waals surface area contributed by atoms with Gasteiger partial charge >= 0.3 is 0 Å². The maximum Gasteiger partial charge on any atom is 0.189 e. The van der Waals surface area contributed by atoms with E-state index in [1.165, 1.54) is 0 Å². The number of guanidine groups is 1. The molecule has 3 fully saturated rings. The summed E-state index contributed by atoms with van der Waals surface area (Å²) in [5.41, 5.74) is 28.6. The number of Topliss-reactive ketones (excluding diaryl/α,β-unsaturated/α-hetero) is 1. The summed E-state index contributed by atoms with van der Waals surface area (Å²) < 4.78 is 39.2. The number of carbonyl (C=O) groups excluding carboxylic acids is 1. The zero-order valence-corrected chi connectivity index (χ0v) is 25.3. The molecule has 16 atom stereocenters. The molecule has 19 nitrogen and oxygen atoms in total. The summed E-state index contributed by atoms with van der Waals surface area (Å²) >= 11 is 0. The molecule has 268 valence electrons. The maximum absolute atomic E-state index is 16.5. The lowest BCUT2D eigenvalue weighted by molar-refractivity contribution is -0.330. The van der Waals surface area contributed by atoms with Crippen molar-refractivity contribution in [2.75, 3.05) is 32.8 Å². The van der Waals surface area contributed by atoms with Crippen LogP contribution in [0.5, 0.6) is 0 Å². The molecule has 0 aromatic heterocycles. The van der Waals surface area contributed by atoms with Crippen LogP contribution in [-0.4, -0.2) is 172 Å². The number of carbonyl (C=O) groups is 1. The summed E-state index contributed by atoms with van der Waals surface area (Å²) in [5.74, 6) is -1.89. The number of ketones is 1. The minimum atomic E-state index is -2.21. The molecule has 3 aliphatic rings. The van der Waals surface area contributed by atoms with Gasteiger partial charge in [-0.2, -0.15) is 0 Å². The van der Waals surface area contributed by atoms with Crippen molar-refractivity contribution < 1.29 is 63.9 Å². The molecule has 1 aliphatic carbocycles. The van der Waals surface area contributed by atoms with Crippen LogP contribution in [0.1, 0.15) is 19.3 Å². The first-order valence-electron chi connectivity index (χ1n) is 15.2. The first-order valence-corrected chi connectivity index (χ1v) is 15.2. The van der Waals surface area contributed by atoms with Crippen LogP contribution < -0.4 is 34.0 Å². The first kappa shape index (κ1) is 38.7. The van der Waals surface area contributed by atoms with Gasteiger partial charge in [-0.15, -0.1) is 0 Å². The number of aliphatic hydroxyl groups is 7. The number of ether oxygens (including phenoxy) is 4. The molecular weight excluding hydrogens is 621 g/mol. The molecule has 3 rings (SSSR count). The third kappa shape index (κ3) is 9.03. The van der Waals surface area contributed by atoms with Crippen molar-refractivity contribution in [2.45, 2.75) is 111 Å². The smallest absolute Gasteiger partial charge is 0.189 e. The van der Waals surface area contributed by atoms with Crippen molar-refractivity contribution in [3.8, 4) is 0 Å². The topological polar surface area (TPSA) is 350 Å². The number of aliphatic imine (C=N–C) groups is 1. The molecule has 46 heavy (non-hydrogen) atoms. The van der Waals surface area contributed by atoms with Gasteiger partial charge in [0.2, 0.25) is 0 Å². The van der Waals surface area contributed by atoms with E-state index >= 15 is 4.39 Å². The summed E-state index contributed by atoms with van der Waals surface area (Å²) in [7, 11) is 0. The van der Waals surface area contributed by atoms with Crippen molar-refractivity contribution in [2.24, 2.45) is 39.6 Å². The minimum absolute atomic E-state index is 0.00576. The van der Waals surface area contributed by atoms with Gasteiger partial charge in [0, 0.05) is 25.6 Å². The predicted octanol–water partition coefficient (Wildman–Crippen LogP) is -7.45. The lowest BCUT2D eigenvalue weighted by atomic mass is 9.77. The minimum Gasteiger partial charge on any atom is -0.394 e. The lowest BCUT2D eigenvalue weighted by Gasteiger charge is -2.48. The summed E-state index contributed by atoms with van der Waals surface area (Å²) in [4.78, 5) is 16.8. The molecule has 0 bridgehead atoms. The average Bonchev–Trinajstić information content (AvgIpc) is 3.02. The molecule has 18 N–H and O–H groups in total. The van der Waals surface area contributed by atoms with Crippen LogP contribution in [0.3, 0.4) is 0 Å². The number of halogens is 1. The van der Waals surface area contributed by atoms with E-state index < -0.39 is 117 Å². The molecule has 1 saturated carbocycles. The zero-order valence-electron chi connectivity index (χ0n) is 25.3. The highest BCUT2D eigenvalue weighted by Gasteiger charge is 2.53. The Morgan fingerprint density at radius 2 is 1.57 bits per heavy atom. The van der Waals surface area contributed by atoms with E-state index in [4.69, 9.17) is 47.6 Å². The van der Waals surface area contributed by atoms with Gasteiger partial charge in [-0.1, -0.05) is 0 Å². The van der Waals surface area contributed by atoms with E-state index in [9.17, 15) is 40.5 Å². The van der Waals surface area contributed by atoms with Gasteiger partial charge < -0.3 is 88.7 Å². The molecular formula is C26H50FN7O12. The van der Waals surface area contributed by atoms with E-state index in [1.54, 1.807) is 0 Å². The maximum atomic E-state index is 16.5. The Labute approximate surface area is 264 Å². The molecule has 2 aliphatic heterocycles. The second kappa shape index (κ2) is 17.6. The van der Waals surface area contributed by atoms with Gasteiger partial charge in [0.05, 0.1) is 25.3 Å². The summed E-state index contributed by atoms with van der Waals surface area (Å²) in [6, 6.07) is -2.47. The molecule has 20 heteroatoms. The predicted molar refractivity (Wildman–Crippen MR) is 156 cm³/mol. The van der Waals surface area contributed by atoms with E-state index in [-0.39, 0.29) is 45.0 Å². The van der Waals surface area contributed by atoms with Crippen molar-refractivity contribution in [1.82, 2.24) is 5.32 Å².